The van der Waals surface area contributed by atoms with Gasteiger partial charge < -0.3 is 25.2 Å². The van der Waals surface area contributed by atoms with E-state index in [-0.39, 0.29) is 18.9 Å². The summed E-state index contributed by atoms with van der Waals surface area (Å²) in [6.45, 7) is 1.67. The van der Waals surface area contributed by atoms with Gasteiger partial charge in [0.1, 0.15) is 6.04 Å². The fourth-order valence-corrected chi connectivity index (χ4v) is 1.59. The molecule has 0 saturated heterocycles. The molecule has 1 unspecified atom stereocenters. The van der Waals surface area contributed by atoms with E-state index in [0.29, 0.717) is 11.5 Å². The van der Waals surface area contributed by atoms with Crippen LogP contribution in [0.3, 0.4) is 0 Å². The number of carboxylic acids is 1. The first-order valence-electron chi connectivity index (χ1n) is 6.08. The number of rotatable bonds is 6. The van der Waals surface area contributed by atoms with Gasteiger partial charge in [-0.05, 0) is 6.92 Å². The number of imidazole rings is 1. The van der Waals surface area contributed by atoms with E-state index in [1.807, 2.05) is 0 Å². The minimum atomic E-state index is -1.15. The molecule has 112 valence electrons. The van der Waals surface area contributed by atoms with Crippen LogP contribution in [0.25, 0.3) is 0 Å². The van der Waals surface area contributed by atoms with Crippen molar-refractivity contribution in [2.24, 2.45) is 0 Å². The van der Waals surface area contributed by atoms with Crippen LogP contribution in [-0.4, -0.2) is 43.3 Å². The zero-order valence-electron chi connectivity index (χ0n) is 11.2. The van der Waals surface area contributed by atoms with Gasteiger partial charge in [-0.25, -0.2) is 14.6 Å². The number of nitrogens with one attached hydrogen (secondary N) is 3. The number of H-pyrrole nitrogens is 1. The molecule has 2 heterocycles. The SMILES string of the molecule is Cc1noc(CNC(=O)NC(Cc2cnc[nH]2)C(=O)O)n1. The molecule has 0 radical (unpaired) electrons. The Labute approximate surface area is 119 Å². The summed E-state index contributed by atoms with van der Waals surface area (Å²) in [5.41, 5.74) is 0.607. The highest BCUT2D eigenvalue weighted by Gasteiger charge is 2.21. The third-order valence-electron chi connectivity index (χ3n) is 2.55. The lowest BCUT2D eigenvalue weighted by Gasteiger charge is -2.13. The zero-order chi connectivity index (χ0) is 15.2. The van der Waals surface area contributed by atoms with E-state index in [1.165, 1.54) is 12.5 Å². The quantitative estimate of drug-likeness (QED) is 0.566. The maximum Gasteiger partial charge on any atom is 0.326 e. The van der Waals surface area contributed by atoms with Crippen molar-refractivity contribution in [2.45, 2.75) is 25.9 Å². The van der Waals surface area contributed by atoms with Crippen molar-refractivity contribution in [1.82, 2.24) is 30.7 Å². The zero-order valence-corrected chi connectivity index (χ0v) is 11.2. The minimum absolute atomic E-state index is 0.0169. The van der Waals surface area contributed by atoms with E-state index in [2.05, 4.69) is 30.7 Å². The highest BCUT2D eigenvalue weighted by molar-refractivity contribution is 5.82. The molecular formula is C11H14N6O4. The van der Waals surface area contributed by atoms with Gasteiger partial charge in [0.15, 0.2) is 5.82 Å². The van der Waals surface area contributed by atoms with Crippen LogP contribution in [0, 0.1) is 6.92 Å². The fraction of sp³-hybridized carbons (Fsp3) is 0.364. The number of hydrogen-bond donors (Lipinski definition) is 4. The van der Waals surface area contributed by atoms with Crippen LogP contribution in [0.15, 0.2) is 17.0 Å². The molecule has 4 N–H and O–H groups in total. The Morgan fingerprint density at radius 2 is 2.33 bits per heavy atom. The second-order valence-electron chi connectivity index (χ2n) is 4.23. The number of carboxylic acid groups (broad SMARTS) is 1. The molecule has 0 aliphatic carbocycles. The van der Waals surface area contributed by atoms with Crippen molar-refractivity contribution >= 4 is 12.0 Å². The average molecular weight is 294 g/mol. The summed E-state index contributed by atoms with van der Waals surface area (Å²) in [5.74, 6) is -0.452. The highest BCUT2D eigenvalue weighted by Crippen LogP contribution is 1.99. The van der Waals surface area contributed by atoms with E-state index in [4.69, 9.17) is 9.63 Å². The molecule has 1 atom stereocenters. The van der Waals surface area contributed by atoms with Crippen LogP contribution < -0.4 is 10.6 Å². The van der Waals surface area contributed by atoms with E-state index in [0.717, 1.165) is 0 Å². The van der Waals surface area contributed by atoms with Crippen LogP contribution in [0.2, 0.25) is 0 Å². The summed E-state index contributed by atoms with van der Waals surface area (Å²) in [6, 6.07) is -1.72. The summed E-state index contributed by atoms with van der Waals surface area (Å²) in [7, 11) is 0. The van der Waals surface area contributed by atoms with Gasteiger partial charge in [0, 0.05) is 18.3 Å². The molecule has 10 nitrogen and oxygen atoms in total. The molecule has 21 heavy (non-hydrogen) atoms. The molecule has 10 heteroatoms. The number of aryl methyl sites for hydroxylation is 1. The summed E-state index contributed by atoms with van der Waals surface area (Å²) in [4.78, 5) is 33.3. The first-order chi connectivity index (χ1) is 10.0. The number of amides is 2. The number of aliphatic carboxylic acids is 1. The normalized spacial score (nSPS) is 11.9. The molecule has 2 aromatic rings. The highest BCUT2D eigenvalue weighted by atomic mass is 16.5. The molecule has 2 rings (SSSR count). The molecule has 0 bridgehead atoms. The number of hydrogen-bond acceptors (Lipinski definition) is 6. The Kier molecular flexibility index (Phi) is 4.49. The van der Waals surface area contributed by atoms with Crippen molar-refractivity contribution < 1.29 is 19.2 Å². The number of urea groups is 1. The standard InChI is InChI=1S/C11H14N6O4/c1-6-15-9(21-17-6)4-13-11(20)16-8(10(18)19)2-7-3-12-5-14-7/h3,5,8H,2,4H2,1H3,(H,12,14)(H,18,19)(H2,13,16,20). The van der Waals surface area contributed by atoms with Gasteiger partial charge in [0.05, 0.1) is 12.9 Å². The van der Waals surface area contributed by atoms with Gasteiger partial charge in [-0.2, -0.15) is 4.98 Å². The Bertz CT molecular complexity index is 608. The van der Waals surface area contributed by atoms with Gasteiger partial charge >= 0.3 is 12.0 Å². The molecule has 2 amide bonds. The molecule has 0 spiro atoms. The number of carbonyl (C=O) groups excluding carboxylic acids is 1. The molecule has 0 saturated carbocycles. The second kappa shape index (κ2) is 6.50. The number of aromatic amines is 1. The molecular weight excluding hydrogens is 280 g/mol. The Morgan fingerprint density at radius 3 is 2.90 bits per heavy atom. The van der Waals surface area contributed by atoms with Crippen molar-refractivity contribution in [3.63, 3.8) is 0 Å². The van der Waals surface area contributed by atoms with Crippen molar-refractivity contribution in [3.05, 3.63) is 29.9 Å². The second-order valence-corrected chi connectivity index (χ2v) is 4.23. The predicted molar refractivity (Wildman–Crippen MR) is 68.1 cm³/mol. The van der Waals surface area contributed by atoms with Crippen LogP contribution in [0.4, 0.5) is 4.79 Å². The molecule has 0 aliphatic rings. The predicted octanol–water partition coefficient (Wildman–Crippen LogP) is -0.404. The summed E-state index contributed by atoms with van der Waals surface area (Å²) < 4.78 is 4.82. The topological polar surface area (TPSA) is 146 Å². The average Bonchev–Trinajstić information content (AvgIpc) is 3.07. The molecule has 0 aliphatic heterocycles. The maximum absolute atomic E-state index is 11.7. The van der Waals surface area contributed by atoms with Gasteiger partial charge in [0.25, 0.3) is 0 Å². The first kappa shape index (κ1) is 14.5. The molecule has 2 aromatic heterocycles. The smallest absolute Gasteiger partial charge is 0.326 e. The minimum Gasteiger partial charge on any atom is -0.480 e. The Hall–Kier alpha value is -2.91. The fourth-order valence-electron chi connectivity index (χ4n) is 1.59. The third-order valence-corrected chi connectivity index (χ3v) is 2.55. The largest absolute Gasteiger partial charge is 0.480 e. The summed E-state index contributed by atoms with van der Waals surface area (Å²) >= 11 is 0. The maximum atomic E-state index is 11.7. The summed E-state index contributed by atoms with van der Waals surface area (Å²) in [5, 5.41) is 17.4. The summed E-state index contributed by atoms with van der Waals surface area (Å²) in [6.07, 6.45) is 3.03. The van der Waals surface area contributed by atoms with Crippen molar-refractivity contribution in [3.8, 4) is 0 Å². The third kappa shape index (κ3) is 4.30. The van der Waals surface area contributed by atoms with E-state index >= 15 is 0 Å². The van der Waals surface area contributed by atoms with Gasteiger partial charge in [-0.1, -0.05) is 5.16 Å². The lowest BCUT2D eigenvalue weighted by molar-refractivity contribution is -0.139. The van der Waals surface area contributed by atoms with Gasteiger partial charge in [-0.15, -0.1) is 0 Å². The monoisotopic (exact) mass is 294 g/mol. The number of nitrogens with zero attached hydrogens (tertiary/aromatic N) is 3. The van der Waals surface area contributed by atoms with Crippen LogP contribution >= 0.6 is 0 Å². The van der Waals surface area contributed by atoms with E-state index in [1.54, 1.807) is 6.92 Å². The lowest BCUT2D eigenvalue weighted by Crippen LogP contribution is -2.47. The first-order valence-corrected chi connectivity index (χ1v) is 6.08. The van der Waals surface area contributed by atoms with Crippen LogP contribution in [0.5, 0.6) is 0 Å². The lowest BCUT2D eigenvalue weighted by atomic mass is 10.2. The van der Waals surface area contributed by atoms with E-state index < -0.39 is 18.0 Å². The molecule has 0 fully saturated rings. The Balaban J connectivity index is 1.84. The number of aromatic nitrogens is 4. The van der Waals surface area contributed by atoms with Crippen molar-refractivity contribution in [2.75, 3.05) is 0 Å². The van der Waals surface area contributed by atoms with E-state index in [9.17, 15) is 9.59 Å². The van der Waals surface area contributed by atoms with Crippen LogP contribution in [-0.2, 0) is 17.8 Å². The van der Waals surface area contributed by atoms with Gasteiger partial charge in [-0.3, -0.25) is 0 Å². The number of carbonyl (C=O) groups is 2. The Morgan fingerprint density at radius 1 is 1.52 bits per heavy atom. The molecule has 0 aromatic carbocycles. The van der Waals surface area contributed by atoms with Crippen LogP contribution in [0.1, 0.15) is 17.4 Å². The van der Waals surface area contributed by atoms with Gasteiger partial charge in [0.2, 0.25) is 5.89 Å². The van der Waals surface area contributed by atoms with Crippen molar-refractivity contribution in [1.29, 1.82) is 0 Å².